The predicted octanol–water partition coefficient (Wildman–Crippen LogP) is 3.28. The fourth-order valence-corrected chi connectivity index (χ4v) is 2.90. The topological polar surface area (TPSA) is 41.6 Å². The molecule has 2 aromatic rings. The van der Waals surface area contributed by atoms with Gasteiger partial charge in [-0.1, -0.05) is 30.2 Å². The molecule has 1 amide bonds. The lowest BCUT2D eigenvalue weighted by Gasteiger charge is -2.17. The Morgan fingerprint density at radius 3 is 2.76 bits per heavy atom. The van der Waals surface area contributed by atoms with Crippen molar-refractivity contribution >= 4 is 11.6 Å². The monoisotopic (exact) mass is 334 g/mol. The molecule has 1 N–H and O–H groups in total. The Morgan fingerprint density at radius 1 is 1.16 bits per heavy atom. The van der Waals surface area contributed by atoms with E-state index in [9.17, 15) is 4.79 Å². The number of para-hydroxylation sites is 1. The number of nitrogens with zero attached hydrogens (tertiary/aromatic N) is 1. The number of hydrogen-bond donors (Lipinski definition) is 1. The van der Waals surface area contributed by atoms with Crippen LogP contribution in [0.25, 0.3) is 0 Å². The molecule has 0 spiro atoms. The van der Waals surface area contributed by atoms with E-state index in [2.05, 4.69) is 11.2 Å². The third-order valence-electron chi connectivity index (χ3n) is 4.29. The van der Waals surface area contributed by atoms with E-state index in [1.54, 1.807) is 0 Å². The minimum Gasteiger partial charge on any atom is -0.483 e. The van der Waals surface area contributed by atoms with Crippen molar-refractivity contribution in [2.24, 2.45) is 0 Å². The fourth-order valence-electron chi connectivity index (χ4n) is 2.90. The van der Waals surface area contributed by atoms with Gasteiger partial charge >= 0.3 is 0 Å². The molecule has 0 aliphatic carbocycles. The quantitative estimate of drug-likeness (QED) is 0.824. The van der Waals surface area contributed by atoms with Gasteiger partial charge in [0.1, 0.15) is 5.75 Å². The van der Waals surface area contributed by atoms with Gasteiger partial charge in [-0.3, -0.25) is 4.79 Å². The second-order valence-electron chi connectivity index (χ2n) is 6.06. The summed E-state index contributed by atoms with van der Waals surface area (Å²) in [5, 5.41) is 3.35. The molecule has 0 unspecified atom stereocenters. The van der Waals surface area contributed by atoms with E-state index in [1.807, 2.05) is 53.4 Å². The Bertz CT molecular complexity index is 773. The van der Waals surface area contributed by atoms with E-state index >= 15 is 0 Å². The molecule has 1 aliphatic heterocycles. The highest BCUT2D eigenvalue weighted by molar-refractivity contribution is 5.78. The summed E-state index contributed by atoms with van der Waals surface area (Å²) < 4.78 is 5.78. The number of carbonyl (C=O) groups is 1. The molecular weight excluding hydrogens is 312 g/mol. The number of amides is 1. The molecule has 128 valence electrons. The van der Waals surface area contributed by atoms with Gasteiger partial charge in [0.2, 0.25) is 0 Å². The summed E-state index contributed by atoms with van der Waals surface area (Å²) in [4.78, 5) is 14.0. The maximum absolute atomic E-state index is 12.1. The van der Waals surface area contributed by atoms with Crippen molar-refractivity contribution in [2.75, 3.05) is 25.0 Å². The van der Waals surface area contributed by atoms with Crippen LogP contribution in [0, 0.1) is 12.3 Å². The molecule has 2 aromatic carbocycles. The van der Waals surface area contributed by atoms with E-state index in [1.165, 1.54) is 0 Å². The molecule has 0 aromatic heterocycles. The predicted molar refractivity (Wildman–Crippen MR) is 99.5 cm³/mol. The van der Waals surface area contributed by atoms with Crippen LogP contribution in [0.5, 0.6) is 5.75 Å². The number of nitrogens with one attached hydrogen (secondary N) is 1. The second-order valence-corrected chi connectivity index (χ2v) is 6.06. The second kappa shape index (κ2) is 8.25. The minimum absolute atomic E-state index is 0.0574. The number of ether oxygens (including phenoxy) is 1. The zero-order valence-corrected chi connectivity index (χ0v) is 14.2. The number of benzene rings is 2. The third kappa shape index (κ3) is 4.54. The first-order chi connectivity index (χ1) is 12.3. The number of hydrogen-bond acceptors (Lipinski definition) is 3. The first-order valence-electron chi connectivity index (χ1n) is 8.55. The van der Waals surface area contributed by atoms with Gasteiger partial charge in [-0.2, -0.15) is 0 Å². The Labute approximate surface area is 148 Å². The van der Waals surface area contributed by atoms with Crippen molar-refractivity contribution in [1.29, 1.82) is 0 Å². The number of anilines is 1. The third-order valence-corrected chi connectivity index (χ3v) is 4.29. The maximum Gasteiger partial charge on any atom is 0.260 e. The standard InChI is InChI=1S/C21H22N2O2/c1-2-17-8-7-10-19(14-17)22-15-18-9-3-4-11-20(18)25-16-21(24)23-12-5-6-13-23/h1,3-4,7-11,14,22H,5-6,12-13,15-16H2. The SMILES string of the molecule is C#Cc1cccc(NCc2ccccc2OCC(=O)N2CCCC2)c1. The lowest BCUT2D eigenvalue weighted by Crippen LogP contribution is -2.32. The molecular formula is C21H22N2O2. The van der Waals surface area contributed by atoms with E-state index in [-0.39, 0.29) is 12.5 Å². The summed E-state index contributed by atoms with van der Waals surface area (Å²) in [6.45, 7) is 2.37. The smallest absolute Gasteiger partial charge is 0.260 e. The van der Waals surface area contributed by atoms with Crippen LogP contribution in [0.3, 0.4) is 0 Å². The molecule has 1 fully saturated rings. The Hall–Kier alpha value is -2.93. The van der Waals surface area contributed by atoms with Gasteiger partial charge in [0, 0.05) is 36.4 Å². The van der Waals surface area contributed by atoms with Crippen LogP contribution in [-0.2, 0) is 11.3 Å². The lowest BCUT2D eigenvalue weighted by atomic mass is 10.1. The highest BCUT2D eigenvalue weighted by Crippen LogP contribution is 2.20. The molecule has 4 heteroatoms. The molecule has 25 heavy (non-hydrogen) atoms. The van der Waals surface area contributed by atoms with Gasteiger partial charge in [0.15, 0.2) is 6.61 Å². The van der Waals surface area contributed by atoms with Crippen LogP contribution in [0.2, 0.25) is 0 Å². The van der Waals surface area contributed by atoms with Gasteiger partial charge in [-0.25, -0.2) is 0 Å². The summed E-state index contributed by atoms with van der Waals surface area (Å²) >= 11 is 0. The molecule has 1 saturated heterocycles. The van der Waals surface area contributed by atoms with E-state index in [0.29, 0.717) is 6.54 Å². The summed E-state index contributed by atoms with van der Waals surface area (Å²) in [5.41, 5.74) is 2.80. The summed E-state index contributed by atoms with van der Waals surface area (Å²) in [7, 11) is 0. The van der Waals surface area contributed by atoms with Crippen LogP contribution in [0.15, 0.2) is 48.5 Å². The van der Waals surface area contributed by atoms with Crippen molar-refractivity contribution in [3.8, 4) is 18.1 Å². The van der Waals surface area contributed by atoms with E-state index in [0.717, 1.165) is 48.5 Å². The summed E-state index contributed by atoms with van der Waals surface area (Å²) in [6.07, 6.45) is 7.61. The van der Waals surface area contributed by atoms with Gasteiger partial charge in [-0.05, 0) is 37.1 Å². The van der Waals surface area contributed by atoms with Crippen LogP contribution >= 0.6 is 0 Å². The average Bonchev–Trinajstić information content (AvgIpc) is 3.20. The van der Waals surface area contributed by atoms with Crippen LogP contribution in [0.4, 0.5) is 5.69 Å². The summed E-state index contributed by atoms with van der Waals surface area (Å²) in [5.74, 6) is 3.42. The molecule has 0 radical (unpaired) electrons. The first-order valence-corrected chi connectivity index (χ1v) is 8.55. The number of rotatable bonds is 6. The van der Waals surface area contributed by atoms with E-state index < -0.39 is 0 Å². The molecule has 3 rings (SSSR count). The maximum atomic E-state index is 12.1. The lowest BCUT2D eigenvalue weighted by molar-refractivity contribution is -0.132. The van der Waals surface area contributed by atoms with Crippen molar-refractivity contribution in [2.45, 2.75) is 19.4 Å². The average molecular weight is 334 g/mol. The normalized spacial score (nSPS) is 13.3. The number of likely N-dealkylation sites (tertiary alicyclic amines) is 1. The fraction of sp³-hybridized carbons (Fsp3) is 0.286. The first kappa shape index (κ1) is 16.9. The van der Waals surface area contributed by atoms with Crippen LogP contribution < -0.4 is 10.1 Å². The van der Waals surface area contributed by atoms with Gasteiger partial charge in [0.25, 0.3) is 5.91 Å². The zero-order chi connectivity index (χ0) is 17.5. The molecule has 0 saturated carbocycles. The summed E-state index contributed by atoms with van der Waals surface area (Å²) in [6, 6.07) is 15.5. The molecule has 4 nitrogen and oxygen atoms in total. The Balaban J connectivity index is 1.60. The largest absolute Gasteiger partial charge is 0.483 e. The highest BCUT2D eigenvalue weighted by atomic mass is 16.5. The van der Waals surface area contributed by atoms with Gasteiger partial charge in [0.05, 0.1) is 0 Å². The van der Waals surface area contributed by atoms with Crippen molar-refractivity contribution in [1.82, 2.24) is 4.90 Å². The minimum atomic E-state index is 0.0574. The van der Waals surface area contributed by atoms with Gasteiger partial charge < -0.3 is 15.0 Å². The van der Waals surface area contributed by atoms with Crippen LogP contribution in [0.1, 0.15) is 24.0 Å². The highest BCUT2D eigenvalue weighted by Gasteiger charge is 2.18. The van der Waals surface area contributed by atoms with Crippen molar-refractivity contribution < 1.29 is 9.53 Å². The van der Waals surface area contributed by atoms with Crippen molar-refractivity contribution in [3.05, 3.63) is 59.7 Å². The Morgan fingerprint density at radius 2 is 1.96 bits per heavy atom. The molecule has 1 heterocycles. The molecule has 1 aliphatic rings. The van der Waals surface area contributed by atoms with Gasteiger partial charge in [-0.15, -0.1) is 6.42 Å². The molecule has 0 bridgehead atoms. The number of terminal acetylenes is 1. The van der Waals surface area contributed by atoms with Crippen LogP contribution in [-0.4, -0.2) is 30.5 Å². The number of carbonyl (C=O) groups excluding carboxylic acids is 1. The van der Waals surface area contributed by atoms with E-state index in [4.69, 9.17) is 11.2 Å². The zero-order valence-electron chi connectivity index (χ0n) is 14.2. The Kier molecular flexibility index (Phi) is 5.58. The van der Waals surface area contributed by atoms with Crippen molar-refractivity contribution in [3.63, 3.8) is 0 Å². The molecule has 0 atom stereocenters.